The highest BCUT2D eigenvalue weighted by Crippen LogP contribution is 2.27. The first-order valence-electron chi connectivity index (χ1n) is 9.73. The molecule has 0 fully saturated rings. The molecule has 9 heteroatoms. The summed E-state index contributed by atoms with van der Waals surface area (Å²) in [6.45, 7) is 3.56. The number of nitrogens with zero attached hydrogens (tertiary/aromatic N) is 2. The van der Waals surface area contributed by atoms with Crippen molar-refractivity contribution in [1.82, 2.24) is 10.2 Å². The fraction of sp³-hybridized carbons (Fsp3) is 0.0870. The maximum atomic E-state index is 12.9. The van der Waals surface area contributed by atoms with Crippen LogP contribution in [-0.2, 0) is 10.0 Å². The van der Waals surface area contributed by atoms with Crippen molar-refractivity contribution in [3.63, 3.8) is 0 Å². The Morgan fingerprint density at radius 2 is 1.59 bits per heavy atom. The highest BCUT2D eigenvalue weighted by Gasteiger charge is 2.20. The number of sulfonamides is 1. The third kappa shape index (κ3) is 4.68. The van der Waals surface area contributed by atoms with Gasteiger partial charge in [-0.15, -0.1) is 10.2 Å². The predicted octanol–water partition coefficient (Wildman–Crippen LogP) is 4.88. The maximum absolute atomic E-state index is 12.9. The number of aromatic nitrogens is 2. The number of para-hydroxylation sites is 1. The molecule has 0 saturated heterocycles. The predicted molar refractivity (Wildman–Crippen MR) is 126 cm³/mol. The Labute approximate surface area is 190 Å². The number of anilines is 2. The molecule has 0 spiro atoms. The molecule has 0 aliphatic heterocycles. The molecule has 0 aliphatic carbocycles. The zero-order chi connectivity index (χ0) is 22.7. The number of rotatable bonds is 6. The number of nitrogens with one attached hydrogen (secondary N) is 2. The van der Waals surface area contributed by atoms with Gasteiger partial charge < -0.3 is 0 Å². The summed E-state index contributed by atoms with van der Waals surface area (Å²) >= 11 is 1.24. The van der Waals surface area contributed by atoms with E-state index in [0.29, 0.717) is 21.4 Å². The molecule has 0 radical (unpaired) electrons. The highest BCUT2D eigenvalue weighted by molar-refractivity contribution is 7.92. The topological polar surface area (TPSA) is 101 Å². The van der Waals surface area contributed by atoms with Crippen molar-refractivity contribution in [1.29, 1.82) is 0 Å². The Bertz CT molecular complexity index is 1380. The average Bonchev–Trinajstić information content (AvgIpc) is 3.24. The van der Waals surface area contributed by atoms with E-state index in [2.05, 4.69) is 20.2 Å². The fourth-order valence-corrected chi connectivity index (χ4v) is 4.94. The van der Waals surface area contributed by atoms with Gasteiger partial charge in [-0.1, -0.05) is 65.9 Å². The number of amides is 1. The van der Waals surface area contributed by atoms with Gasteiger partial charge in [0, 0.05) is 11.1 Å². The van der Waals surface area contributed by atoms with Gasteiger partial charge in [-0.2, -0.15) is 0 Å². The van der Waals surface area contributed by atoms with Crippen molar-refractivity contribution in [2.24, 2.45) is 0 Å². The molecule has 162 valence electrons. The molecule has 32 heavy (non-hydrogen) atoms. The molecule has 4 rings (SSSR count). The third-order valence-electron chi connectivity index (χ3n) is 4.82. The Hall–Kier alpha value is -3.56. The van der Waals surface area contributed by atoms with Gasteiger partial charge in [0.05, 0.1) is 10.6 Å². The molecule has 1 aromatic heterocycles. The number of benzene rings is 3. The van der Waals surface area contributed by atoms with E-state index >= 15 is 0 Å². The van der Waals surface area contributed by atoms with Crippen LogP contribution in [0.1, 0.15) is 21.5 Å². The normalized spacial score (nSPS) is 11.2. The number of carbonyl (C=O) groups excluding carboxylic acids is 1. The lowest BCUT2D eigenvalue weighted by molar-refractivity contribution is 0.102. The second-order valence-electron chi connectivity index (χ2n) is 7.13. The average molecular weight is 465 g/mol. The van der Waals surface area contributed by atoms with Crippen molar-refractivity contribution in [3.8, 4) is 10.6 Å². The molecule has 0 bridgehead atoms. The number of carbonyl (C=O) groups is 1. The molecule has 1 amide bonds. The van der Waals surface area contributed by atoms with Crippen LogP contribution in [0.5, 0.6) is 0 Å². The number of hydrogen-bond donors (Lipinski definition) is 2. The second-order valence-corrected chi connectivity index (χ2v) is 9.79. The van der Waals surface area contributed by atoms with E-state index in [4.69, 9.17) is 0 Å². The number of hydrogen-bond acceptors (Lipinski definition) is 6. The van der Waals surface area contributed by atoms with Crippen LogP contribution in [0.4, 0.5) is 10.8 Å². The highest BCUT2D eigenvalue weighted by atomic mass is 32.2. The van der Waals surface area contributed by atoms with Crippen molar-refractivity contribution >= 4 is 38.1 Å². The van der Waals surface area contributed by atoms with Crippen LogP contribution in [0.15, 0.2) is 77.7 Å². The first kappa shape index (κ1) is 21.7. The lowest BCUT2D eigenvalue weighted by Crippen LogP contribution is -2.17. The summed E-state index contributed by atoms with van der Waals surface area (Å²) in [6, 6.07) is 21.1. The van der Waals surface area contributed by atoms with Crippen LogP contribution in [0.25, 0.3) is 10.6 Å². The van der Waals surface area contributed by atoms with Gasteiger partial charge in [0.25, 0.3) is 15.9 Å². The molecule has 3 aromatic carbocycles. The van der Waals surface area contributed by atoms with Crippen LogP contribution in [0, 0.1) is 13.8 Å². The van der Waals surface area contributed by atoms with Gasteiger partial charge in [0.2, 0.25) is 5.13 Å². The van der Waals surface area contributed by atoms with E-state index in [9.17, 15) is 13.2 Å². The van der Waals surface area contributed by atoms with Crippen LogP contribution >= 0.6 is 11.3 Å². The lowest BCUT2D eigenvalue weighted by Gasteiger charge is -2.12. The van der Waals surface area contributed by atoms with Crippen molar-refractivity contribution < 1.29 is 13.2 Å². The standard InChI is InChI=1S/C23H20N4O3S2/c1-15-12-13-18(32(29,30)27-20-11-7-6-8-16(20)2)14-19(15)21(28)24-23-26-25-22(31-23)17-9-4-3-5-10-17/h3-14,27H,1-2H3,(H,24,26,28). The summed E-state index contributed by atoms with van der Waals surface area (Å²) in [4.78, 5) is 12.9. The first-order chi connectivity index (χ1) is 15.3. The molecule has 7 nitrogen and oxygen atoms in total. The van der Waals surface area contributed by atoms with Gasteiger partial charge in [0.1, 0.15) is 5.01 Å². The fourth-order valence-electron chi connectivity index (χ4n) is 3.04. The second kappa shape index (κ2) is 8.89. The van der Waals surface area contributed by atoms with E-state index in [1.807, 2.05) is 49.4 Å². The van der Waals surface area contributed by atoms with Crippen LogP contribution < -0.4 is 10.0 Å². The summed E-state index contributed by atoms with van der Waals surface area (Å²) in [7, 11) is -3.87. The summed E-state index contributed by atoms with van der Waals surface area (Å²) in [5.41, 5.74) is 3.07. The molecule has 0 unspecified atom stereocenters. The van der Waals surface area contributed by atoms with Crippen LogP contribution in [0.2, 0.25) is 0 Å². The molecule has 4 aromatic rings. The van der Waals surface area contributed by atoms with E-state index in [1.54, 1.807) is 25.1 Å². The van der Waals surface area contributed by atoms with Crippen LogP contribution in [0.3, 0.4) is 0 Å². The first-order valence-corrected chi connectivity index (χ1v) is 12.0. The largest absolute Gasteiger partial charge is 0.296 e. The Kier molecular flexibility index (Phi) is 6.02. The summed E-state index contributed by atoms with van der Waals surface area (Å²) in [5.74, 6) is -0.453. The van der Waals surface area contributed by atoms with Crippen molar-refractivity contribution in [3.05, 3.63) is 89.5 Å². The molecule has 0 aliphatic rings. The van der Waals surface area contributed by atoms with Crippen molar-refractivity contribution in [2.75, 3.05) is 10.0 Å². The Balaban J connectivity index is 1.57. The van der Waals surface area contributed by atoms with Gasteiger partial charge in [-0.25, -0.2) is 8.42 Å². The zero-order valence-electron chi connectivity index (χ0n) is 17.4. The molecule has 2 N–H and O–H groups in total. The minimum Gasteiger partial charge on any atom is -0.296 e. The minimum atomic E-state index is -3.87. The van der Waals surface area contributed by atoms with Gasteiger partial charge in [0.15, 0.2) is 0 Å². The van der Waals surface area contributed by atoms with Crippen molar-refractivity contribution in [2.45, 2.75) is 18.7 Å². The third-order valence-corrected chi connectivity index (χ3v) is 7.07. The molecule has 1 heterocycles. The summed E-state index contributed by atoms with van der Waals surface area (Å²) in [6.07, 6.45) is 0. The Morgan fingerprint density at radius 1 is 0.875 bits per heavy atom. The van der Waals surface area contributed by atoms with Gasteiger partial charge in [-0.3, -0.25) is 14.8 Å². The van der Waals surface area contributed by atoms with Gasteiger partial charge in [-0.05, 0) is 43.2 Å². The molecule has 0 saturated carbocycles. The van der Waals surface area contributed by atoms with Gasteiger partial charge >= 0.3 is 0 Å². The van der Waals surface area contributed by atoms with E-state index in [-0.39, 0.29) is 10.5 Å². The molecular formula is C23H20N4O3S2. The lowest BCUT2D eigenvalue weighted by atomic mass is 10.1. The Morgan fingerprint density at radius 3 is 2.34 bits per heavy atom. The monoisotopic (exact) mass is 464 g/mol. The smallest absolute Gasteiger partial charge is 0.261 e. The van der Waals surface area contributed by atoms with E-state index < -0.39 is 15.9 Å². The summed E-state index contributed by atoms with van der Waals surface area (Å²) < 4.78 is 28.4. The zero-order valence-corrected chi connectivity index (χ0v) is 19.0. The summed E-state index contributed by atoms with van der Waals surface area (Å²) in [5, 5.41) is 11.9. The SMILES string of the molecule is Cc1ccccc1NS(=O)(=O)c1ccc(C)c(C(=O)Nc2nnc(-c3ccccc3)s2)c1. The minimum absolute atomic E-state index is 0.00117. The number of aryl methyl sites for hydroxylation is 2. The quantitative estimate of drug-likeness (QED) is 0.424. The van der Waals surface area contributed by atoms with E-state index in [1.165, 1.54) is 23.5 Å². The molecule has 0 atom stereocenters. The van der Waals surface area contributed by atoms with Crippen LogP contribution in [-0.4, -0.2) is 24.5 Å². The maximum Gasteiger partial charge on any atom is 0.261 e. The molecular weight excluding hydrogens is 444 g/mol. The van der Waals surface area contributed by atoms with E-state index in [0.717, 1.165) is 11.1 Å².